The van der Waals surface area contributed by atoms with E-state index in [1.54, 1.807) is 22.5 Å². The molecule has 0 bridgehead atoms. The molecule has 2 heterocycles. The predicted octanol–water partition coefficient (Wildman–Crippen LogP) is 2.96. The minimum absolute atomic E-state index is 0.0628. The van der Waals surface area contributed by atoms with Crippen molar-refractivity contribution in [3.63, 3.8) is 0 Å². The number of amides is 2. The van der Waals surface area contributed by atoms with Crippen LogP contribution in [-0.4, -0.2) is 31.2 Å². The number of thiophene rings is 1. The van der Waals surface area contributed by atoms with Gasteiger partial charge in [-0.05, 0) is 50.2 Å². The van der Waals surface area contributed by atoms with E-state index in [4.69, 9.17) is 4.74 Å². The Labute approximate surface area is 156 Å². The molecule has 0 aliphatic carbocycles. The molecule has 1 unspecified atom stereocenters. The SMILES string of the molecule is CCOc1ccc(N2CC(C(=O)N/N=C/c3ccc(C)s3)CC2=O)cc1. The summed E-state index contributed by atoms with van der Waals surface area (Å²) in [5.41, 5.74) is 3.31. The van der Waals surface area contributed by atoms with Crippen LogP contribution in [0.3, 0.4) is 0 Å². The number of ether oxygens (including phenoxy) is 1. The van der Waals surface area contributed by atoms with Crippen LogP contribution in [0, 0.1) is 12.8 Å². The van der Waals surface area contributed by atoms with Gasteiger partial charge in [-0.25, -0.2) is 5.43 Å². The molecular weight excluding hydrogens is 350 g/mol. The number of hydrogen-bond donors (Lipinski definition) is 1. The van der Waals surface area contributed by atoms with Crippen molar-refractivity contribution in [3.8, 4) is 5.75 Å². The van der Waals surface area contributed by atoms with Gasteiger partial charge in [-0.1, -0.05) is 0 Å². The molecule has 1 N–H and O–H groups in total. The number of hydrazone groups is 1. The number of benzene rings is 1. The minimum Gasteiger partial charge on any atom is -0.494 e. The lowest BCUT2D eigenvalue weighted by molar-refractivity contribution is -0.126. The van der Waals surface area contributed by atoms with Gasteiger partial charge in [0.25, 0.3) is 0 Å². The van der Waals surface area contributed by atoms with Gasteiger partial charge >= 0.3 is 0 Å². The van der Waals surface area contributed by atoms with Crippen molar-refractivity contribution in [3.05, 3.63) is 46.2 Å². The fourth-order valence-corrected chi connectivity index (χ4v) is 3.54. The molecule has 0 saturated carbocycles. The third kappa shape index (κ3) is 4.29. The molecule has 3 rings (SSSR count). The van der Waals surface area contributed by atoms with E-state index < -0.39 is 5.92 Å². The lowest BCUT2D eigenvalue weighted by Gasteiger charge is -2.17. The largest absolute Gasteiger partial charge is 0.494 e. The Balaban J connectivity index is 1.58. The Hall–Kier alpha value is -2.67. The smallest absolute Gasteiger partial charge is 0.245 e. The maximum absolute atomic E-state index is 12.3. The van der Waals surface area contributed by atoms with Crippen LogP contribution < -0.4 is 15.1 Å². The summed E-state index contributed by atoms with van der Waals surface area (Å²) < 4.78 is 5.41. The Bertz CT molecular complexity index is 814. The molecule has 6 nitrogen and oxygen atoms in total. The molecule has 1 aromatic heterocycles. The standard InChI is InChI=1S/C19H21N3O3S/c1-3-25-16-7-5-15(6-8-16)22-12-14(10-18(22)23)19(24)21-20-11-17-9-4-13(2)26-17/h4-9,11,14H,3,10,12H2,1-2H3,(H,21,24)/b20-11+. The van der Waals surface area contributed by atoms with Crippen molar-refractivity contribution in [1.82, 2.24) is 5.43 Å². The van der Waals surface area contributed by atoms with Crippen LogP contribution >= 0.6 is 11.3 Å². The molecule has 136 valence electrons. The molecule has 1 fully saturated rings. The highest BCUT2D eigenvalue weighted by molar-refractivity contribution is 7.13. The molecule has 1 aromatic carbocycles. The number of aryl methyl sites for hydroxylation is 1. The van der Waals surface area contributed by atoms with Gasteiger partial charge in [-0.15, -0.1) is 11.3 Å². The number of hydrogen-bond acceptors (Lipinski definition) is 5. The predicted molar refractivity (Wildman–Crippen MR) is 103 cm³/mol. The number of nitrogens with one attached hydrogen (secondary N) is 1. The van der Waals surface area contributed by atoms with Crippen molar-refractivity contribution >= 4 is 35.1 Å². The van der Waals surface area contributed by atoms with Crippen LogP contribution in [0.2, 0.25) is 0 Å². The van der Waals surface area contributed by atoms with E-state index in [0.29, 0.717) is 13.2 Å². The summed E-state index contributed by atoms with van der Waals surface area (Å²) in [5, 5.41) is 3.99. The lowest BCUT2D eigenvalue weighted by Crippen LogP contribution is -2.30. The van der Waals surface area contributed by atoms with Gasteiger partial charge in [0.1, 0.15) is 5.75 Å². The number of carbonyl (C=O) groups excluding carboxylic acids is 2. The highest BCUT2D eigenvalue weighted by atomic mass is 32.1. The van der Waals surface area contributed by atoms with Crippen molar-refractivity contribution in [2.75, 3.05) is 18.1 Å². The average molecular weight is 371 g/mol. The van der Waals surface area contributed by atoms with Gasteiger partial charge in [0.15, 0.2) is 0 Å². The summed E-state index contributed by atoms with van der Waals surface area (Å²) in [6, 6.07) is 11.3. The molecule has 1 aliphatic rings. The van der Waals surface area contributed by atoms with Crippen LogP contribution in [0.4, 0.5) is 5.69 Å². The van der Waals surface area contributed by atoms with Crippen molar-refractivity contribution < 1.29 is 14.3 Å². The topological polar surface area (TPSA) is 71.0 Å². The number of carbonyl (C=O) groups is 2. The zero-order valence-corrected chi connectivity index (χ0v) is 15.6. The van der Waals surface area contributed by atoms with E-state index in [9.17, 15) is 9.59 Å². The fourth-order valence-electron chi connectivity index (χ4n) is 2.80. The lowest BCUT2D eigenvalue weighted by atomic mass is 10.1. The molecule has 7 heteroatoms. The number of anilines is 1. The van der Waals surface area contributed by atoms with Gasteiger partial charge < -0.3 is 9.64 Å². The third-order valence-electron chi connectivity index (χ3n) is 4.08. The highest BCUT2D eigenvalue weighted by Crippen LogP contribution is 2.27. The first-order valence-corrected chi connectivity index (χ1v) is 9.31. The Morgan fingerprint density at radius 3 is 2.77 bits per heavy atom. The first-order valence-electron chi connectivity index (χ1n) is 8.49. The van der Waals surface area contributed by atoms with Gasteiger partial charge in [0.05, 0.1) is 18.7 Å². The summed E-state index contributed by atoms with van der Waals surface area (Å²) in [7, 11) is 0. The summed E-state index contributed by atoms with van der Waals surface area (Å²) >= 11 is 1.60. The first kappa shape index (κ1) is 18.1. The molecule has 2 aromatic rings. The highest BCUT2D eigenvalue weighted by Gasteiger charge is 2.35. The summed E-state index contributed by atoms with van der Waals surface area (Å²) in [6.07, 6.45) is 1.81. The number of rotatable bonds is 6. The zero-order chi connectivity index (χ0) is 18.5. The van der Waals surface area contributed by atoms with E-state index in [-0.39, 0.29) is 18.2 Å². The quantitative estimate of drug-likeness (QED) is 0.627. The van der Waals surface area contributed by atoms with Crippen molar-refractivity contribution in [2.24, 2.45) is 11.0 Å². The van der Waals surface area contributed by atoms with E-state index in [0.717, 1.165) is 16.3 Å². The maximum Gasteiger partial charge on any atom is 0.245 e. The molecule has 2 amide bonds. The molecule has 0 spiro atoms. The summed E-state index contributed by atoms with van der Waals surface area (Å²) in [5.74, 6) is 0.0510. The molecule has 26 heavy (non-hydrogen) atoms. The zero-order valence-electron chi connectivity index (χ0n) is 14.8. The van der Waals surface area contributed by atoms with Gasteiger partial charge in [-0.3, -0.25) is 9.59 Å². The maximum atomic E-state index is 12.3. The molecular formula is C19H21N3O3S. The summed E-state index contributed by atoms with van der Waals surface area (Å²) in [6.45, 7) is 4.88. The van der Waals surface area contributed by atoms with E-state index in [2.05, 4.69) is 10.5 Å². The second-order valence-corrected chi connectivity index (χ2v) is 7.33. The molecule has 1 atom stereocenters. The molecule has 1 aliphatic heterocycles. The molecule has 0 radical (unpaired) electrons. The van der Waals surface area contributed by atoms with Gasteiger partial charge in [0, 0.05) is 28.4 Å². The Morgan fingerprint density at radius 2 is 2.12 bits per heavy atom. The van der Waals surface area contributed by atoms with Crippen LogP contribution in [0.15, 0.2) is 41.5 Å². The summed E-state index contributed by atoms with van der Waals surface area (Å²) in [4.78, 5) is 28.3. The van der Waals surface area contributed by atoms with Gasteiger partial charge in [-0.2, -0.15) is 5.10 Å². The van der Waals surface area contributed by atoms with Crippen LogP contribution in [0.5, 0.6) is 5.75 Å². The second-order valence-electron chi connectivity index (χ2n) is 6.01. The van der Waals surface area contributed by atoms with Crippen molar-refractivity contribution in [2.45, 2.75) is 20.3 Å². The monoisotopic (exact) mass is 371 g/mol. The normalized spacial score (nSPS) is 17.1. The Kier molecular flexibility index (Phi) is 5.68. The van der Waals surface area contributed by atoms with E-state index >= 15 is 0 Å². The fraction of sp³-hybridized carbons (Fsp3) is 0.316. The third-order valence-corrected chi connectivity index (χ3v) is 5.02. The van der Waals surface area contributed by atoms with E-state index in [1.165, 1.54) is 4.88 Å². The van der Waals surface area contributed by atoms with Crippen LogP contribution in [0.25, 0.3) is 0 Å². The Morgan fingerprint density at radius 1 is 1.35 bits per heavy atom. The van der Waals surface area contributed by atoms with Gasteiger partial charge in [0.2, 0.25) is 11.8 Å². The van der Waals surface area contributed by atoms with Crippen LogP contribution in [0.1, 0.15) is 23.1 Å². The van der Waals surface area contributed by atoms with E-state index in [1.807, 2.05) is 50.2 Å². The minimum atomic E-state index is -0.406. The first-order chi connectivity index (χ1) is 12.6. The van der Waals surface area contributed by atoms with Crippen molar-refractivity contribution in [1.29, 1.82) is 0 Å². The average Bonchev–Trinajstić information content (AvgIpc) is 3.22. The molecule has 1 saturated heterocycles. The second kappa shape index (κ2) is 8.14. The van der Waals surface area contributed by atoms with Crippen LogP contribution in [-0.2, 0) is 9.59 Å². The number of nitrogens with zero attached hydrogens (tertiary/aromatic N) is 2.